The minimum atomic E-state index is -0.496. The van der Waals surface area contributed by atoms with Gasteiger partial charge in [0.25, 0.3) is 0 Å². The first-order valence-corrected chi connectivity index (χ1v) is 5.58. The number of hydrogen-bond donors (Lipinski definition) is 0. The van der Waals surface area contributed by atoms with E-state index in [0.717, 1.165) is 19.3 Å². The highest BCUT2D eigenvalue weighted by Crippen LogP contribution is 2.39. The van der Waals surface area contributed by atoms with Gasteiger partial charge < -0.3 is 9.47 Å². The quantitative estimate of drug-likeness (QED) is 0.409. The molecule has 2 aliphatic rings. The monoisotopic (exact) mass is 224 g/mol. The summed E-state index contributed by atoms with van der Waals surface area (Å²) < 4.78 is 10.2. The summed E-state index contributed by atoms with van der Waals surface area (Å²) in [5, 5.41) is 0. The first-order chi connectivity index (χ1) is 7.58. The molecule has 0 aromatic rings. The molecule has 0 N–H and O–H groups in total. The Labute approximate surface area is 94.6 Å². The minimum absolute atomic E-state index is 0.00155. The van der Waals surface area contributed by atoms with Gasteiger partial charge in [-0.1, -0.05) is 6.58 Å². The van der Waals surface area contributed by atoms with Crippen LogP contribution in [0.2, 0.25) is 0 Å². The molecule has 3 unspecified atom stereocenters. The second-order valence-electron chi connectivity index (χ2n) is 4.55. The van der Waals surface area contributed by atoms with Gasteiger partial charge in [0.15, 0.2) is 12.4 Å². The maximum Gasteiger partial charge on any atom is 0.333 e. The maximum atomic E-state index is 11.7. The third-order valence-electron chi connectivity index (χ3n) is 3.15. The minimum Gasteiger partial charge on any atom is -0.454 e. The summed E-state index contributed by atoms with van der Waals surface area (Å²) in [7, 11) is 0. The van der Waals surface area contributed by atoms with Crippen LogP contribution < -0.4 is 0 Å². The SMILES string of the molecule is C=C(C)C(=O)OCC(=O)C1CCC2OC2C1. The van der Waals surface area contributed by atoms with Crippen molar-refractivity contribution >= 4 is 11.8 Å². The second kappa shape index (κ2) is 4.37. The molecule has 1 aliphatic carbocycles. The zero-order chi connectivity index (χ0) is 11.7. The lowest BCUT2D eigenvalue weighted by molar-refractivity contribution is -0.145. The molecule has 4 heteroatoms. The number of epoxide rings is 1. The average Bonchev–Trinajstić information content (AvgIpc) is 3.02. The van der Waals surface area contributed by atoms with Crippen molar-refractivity contribution in [3.8, 4) is 0 Å². The molecule has 1 aliphatic heterocycles. The Kier molecular flexibility index (Phi) is 3.10. The van der Waals surface area contributed by atoms with Crippen molar-refractivity contribution in [2.45, 2.75) is 38.4 Å². The van der Waals surface area contributed by atoms with Crippen molar-refractivity contribution in [2.24, 2.45) is 5.92 Å². The average molecular weight is 224 g/mol. The summed E-state index contributed by atoms with van der Waals surface area (Å²) >= 11 is 0. The Morgan fingerprint density at radius 1 is 1.38 bits per heavy atom. The molecule has 1 saturated carbocycles. The van der Waals surface area contributed by atoms with E-state index in [1.165, 1.54) is 0 Å². The summed E-state index contributed by atoms with van der Waals surface area (Å²) in [6, 6.07) is 0. The van der Waals surface area contributed by atoms with Crippen molar-refractivity contribution in [2.75, 3.05) is 6.61 Å². The molecule has 0 spiro atoms. The number of ketones is 1. The number of esters is 1. The number of carbonyl (C=O) groups is 2. The largest absolute Gasteiger partial charge is 0.454 e. The Hall–Kier alpha value is -1.16. The highest BCUT2D eigenvalue weighted by molar-refractivity contribution is 5.90. The number of carbonyl (C=O) groups excluding carboxylic acids is 2. The van der Waals surface area contributed by atoms with Crippen molar-refractivity contribution in [3.05, 3.63) is 12.2 Å². The number of ether oxygens (including phenoxy) is 2. The highest BCUT2D eigenvalue weighted by atomic mass is 16.6. The molecule has 1 heterocycles. The molecule has 4 nitrogen and oxygen atoms in total. The van der Waals surface area contributed by atoms with Crippen LogP contribution in [0.1, 0.15) is 26.2 Å². The number of rotatable bonds is 4. The van der Waals surface area contributed by atoms with Gasteiger partial charge in [-0.25, -0.2) is 4.79 Å². The van der Waals surface area contributed by atoms with Crippen LogP contribution in [-0.4, -0.2) is 30.6 Å². The van der Waals surface area contributed by atoms with Crippen molar-refractivity contribution in [3.63, 3.8) is 0 Å². The normalized spacial score (nSPS) is 31.4. The smallest absolute Gasteiger partial charge is 0.333 e. The van der Waals surface area contributed by atoms with E-state index in [0.29, 0.717) is 11.7 Å². The first kappa shape index (κ1) is 11.3. The summed E-state index contributed by atoms with van der Waals surface area (Å²) in [6.07, 6.45) is 3.26. The lowest BCUT2D eigenvalue weighted by atomic mass is 9.86. The number of Topliss-reactive ketones (excluding diaryl/α,β-unsaturated/α-hetero) is 1. The van der Waals surface area contributed by atoms with Crippen LogP contribution in [0.15, 0.2) is 12.2 Å². The van der Waals surface area contributed by atoms with Gasteiger partial charge in [-0.05, 0) is 26.2 Å². The van der Waals surface area contributed by atoms with Crippen molar-refractivity contribution in [1.82, 2.24) is 0 Å². The standard InChI is InChI=1S/C12H16O4/c1-7(2)12(14)15-6-9(13)8-3-4-10-11(5-8)16-10/h8,10-11H,1,3-6H2,2H3. The topological polar surface area (TPSA) is 55.9 Å². The van der Waals surface area contributed by atoms with E-state index in [2.05, 4.69) is 6.58 Å². The molecule has 0 radical (unpaired) electrons. The fourth-order valence-corrected chi connectivity index (χ4v) is 2.07. The zero-order valence-electron chi connectivity index (χ0n) is 9.40. The highest BCUT2D eigenvalue weighted by Gasteiger charge is 2.45. The molecular weight excluding hydrogens is 208 g/mol. The fraction of sp³-hybridized carbons (Fsp3) is 0.667. The first-order valence-electron chi connectivity index (χ1n) is 5.58. The van der Waals surface area contributed by atoms with Gasteiger partial charge in [-0.15, -0.1) is 0 Å². The molecule has 16 heavy (non-hydrogen) atoms. The predicted octanol–water partition coefficient (Wildman–Crippen LogP) is 1.24. The van der Waals surface area contributed by atoms with Crippen LogP contribution in [-0.2, 0) is 19.1 Å². The third-order valence-corrected chi connectivity index (χ3v) is 3.15. The van der Waals surface area contributed by atoms with Crippen LogP contribution >= 0.6 is 0 Å². The van der Waals surface area contributed by atoms with E-state index in [4.69, 9.17) is 9.47 Å². The van der Waals surface area contributed by atoms with Crippen molar-refractivity contribution < 1.29 is 19.1 Å². The van der Waals surface area contributed by atoms with E-state index in [1.807, 2.05) is 0 Å². The van der Waals surface area contributed by atoms with Crippen LogP contribution in [0.25, 0.3) is 0 Å². The molecule has 2 rings (SSSR count). The molecule has 2 fully saturated rings. The lowest BCUT2D eigenvalue weighted by Gasteiger charge is -2.17. The van der Waals surface area contributed by atoms with Gasteiger partial charge in [-0.3, -0.25) is 4.79 Å². The van der Waals surface area contributed by atoms with Crippen molar-refractivity contribution in [1.29, 1.82) is 0 Å². The maximum absolute atomic E-state index is 11.7. The van der Waals surface area contributed by atoms with E-state index in [9.17, 15) is 9.59 Å². The molecule has 0 aromatic carbocycles. The van der Waals surface area contributed by atoms with E-state index >= 15 is 0 Å². The van der Waals surface area contributed by atoms with Gasteiger partial charge in [0.2, 0.25) is 0 Å². The van der Waals surface area contributed by atoms with E-state index in [1.54, 1.807) is 6.92 Å². The van der Waals surface area contributed by atoms with Crippen LogP contribution in [0.3, 0.4) is 0 Å². The van der Waals surface area contributed by atoms with Gasteiger partial charge in [0.05, 0.1) is 12.2 Å². The third kappa shape index (κ3) is 2.50. The molecule has 88 valence electrons. The predicted molar refractivity (Wildman–Crippen MR) is 56.8 cm³/mol. The Balaban J connectivity index is 1.75. The number of hydrogen-bond acceptors (Lipinski definition) is 4. The molecule has 0 bridgehead atoms. The van der Waals surface area contributed by atoms with E-state index < -0.39 is 5.97 Å². The zero-order valence-corrected chi connectivity index (χ0v) is 9.40. The molecule has 3 atom stereocenters. The Morgan fingerprint density at radius 2 is 2.12 bits per heavy atom. The van der Waals surface area contributed by atoms with Gasteiger partial charge in [0, 0.05) is 11.5 Å². The Morgan fingerprint density at radius 3 is 2.75 bits per heavy atom. The van der Waals surface area contributed by atoms with Crippen LogP contribution in [0, 0.1) is 5.92 Å². The molecule has 0 amide bonds. The Bertz CT molecular complexity index is 334. The molecule has 1 saturated heterocycles. The van der Waals surface area contributed by atoms with Gasteiger partial charge in [-0.2, -0.15) is 0 Å². The van der Waals surface area contributed by atoms with E-state index in [-0.39, 0.29) is 24.4 Å². The summed E-state index contributed by atoms with van der Waals surface area (Å²) in [4.78, 5) is 22.8. The second-order valence-corrected chi connectivity index (χ2v) is 4.55. The fourth-order valence-electron chi connectivity index (χ4n) is 2.07. The summed E-state index contributed by atoms with van der Waals surface area (Å²) in [5.74, 6) is -0.491. The lowest BCUT2D eigenvalue weighted by Crippen LogP contribution is -2.26. The summed E-state index contributed by atoms with van der Waals surface area (Å²) in [6.45, 7) is 4.89. The van der Waals surface area contributed by atoms with Gasteiger partial charge in [0.1, 0.15) is 0 Å². The molecular formula is C12H16O4. The number of fused-ring (bicyclic) bond motifs is 1. The summed E-state index contributed by atoms with van der Waals surface area (Å²) in [5.41, 5.74) is 0.321. The van der Waals surface area contributed by atoms with Crippen LogP contribution in [0.4, 0.5) is 0 Å². The van der Waals surface area contributed by atoms with Gasteiger partial charge >= 0.3 is 5.97 Å². The molecule has 0 aromatic heterocycles. The van der Waals surface area contributed by atoms with Crippen LogP contribution in [0.5, 0.6) is 0 Å².